The molecule has 0 bridgehead atoms. The van der Waals surface area contributed by atoms with Crippen LogP contribution in [0.5, 0.6) is 0 Å². The Kier molecular flexibility index (Phi) is 9.65. The molecule has 1 saturated heterocycles. The average Bonchev–Trinajstić information content (AvgIpc) is 2.99. The van der Waals surface area contributed by atoms with Crippen LogP contribution in [0.3, 0.4) is 0 Å². The zero-order valence-corrected chi connectivity index (χ0v) is 12.5. The van der Waals surface area contributed by atoms with E-state index in [9.17, 15) is 4.79 Å². The maximum Gasteiger partial charge on any atom is 0.221 e. The molecule has 1 aromatic heterocycles. The molecule has 1 aliphatic rings. The van der Waals surface area contributed by atoms with E-state index in [1.54, 1.807) is 10.9 Å². The van der Waals surface area contributed by atoms with Gasteiger partial charge in [0.2, 0.25) is 5.91 Å². The van der Waals surface area contributed by atoms with Gasteiger partial charge < -0.3 is 10.6 Å². The lowest BCUT2D eigenvalue weighted by Crippen LogP contribution is -2.31. The number of carbonyl (C=O) groups excluding carboxylic acids is 1. The molecule has 1 amide bonds. The Bertz CT molecular complexity index is 340. The van der Waals surface area contributed by atoms with Crippen LogP contribution < -0.4 is 10.6 Å². The Morgan fingerprint density at radius 1 is 1.47 bits per heavy atom. The third kappa shape index (κ3) is 6.80. The number of rotatable bonds is 6. The van der Waals surface area contributed by atoms with E-state index in [1.165, 1.54) is 12.8 Å². The number of aryl methyl sites for hydroxylation is 1. The summed E-state index contributed by atoms with van der Waals surface area (Å²) in [6, 6.07) is 2.46. The van der Waals surface area contributed by atoms with Crippen molar-refractivity contribution in [1.82, 2.24) is 20.4 Å². The summed E-state index contributed by atoms with van der Waals surface area (Å²) in [6.07, 6.45) is 7.63. The second-order valence-electron chi connectivity index (χ2n) is 4.45. The minimum absolute atomic E-state index is 0. The molecular weight excluding hydrogens is 287 g/mol. The highest BCUT2D eigenvalue weighted by Gasteiger charge is 2.13. The summed E-state index contributed by atoms with van der Waals surface area (Å²) >= 11 is 0. The number of hydrogen-bond acceptors (Lipinski definition) is 3. The molecule has 5 nitrogen and oxygen atoms in total. The van der Waals surface area contributed by atoms with Crippen molar-refractivity contribution in [2.75, 3.05) is 13.1 Å². The van der Waals surface area contributed by atoms with Gasteiger partial charge in [-0.25, -0.2) is 0 Å². The maximum absolute atomic E-state index is 11.5. The molecule has 0 spiro atoms. The third-order valence-corrected chi connectivity index (χ3v) is 3.10. The van der Waals surface area contributed by atoms with E-state index in [2.05, 4.69) is 15.7 Å². The van der Waals surface area contributed by atoms with Gasteiger partial charge in [0.1, 0.15) is 0 Å². The van der Waals surface area contributed by atoms with Gasteiger partial charge in [-0.1, -0.05) is 0 Å². The Morgan fingerprint density at radius 3 is 2.95 bits per heavy atom. The topological polar surface area (TPSA) is 59.0 Å². The molecule has 0 aliphatic carbocycles. The number of hydrogen-bond donors (Lipinski definition) is 2. The second-order valence-corrected chi connectivity index (χ2v) is 4.45. The van der Waals surface area contributed by atoms with Crippen molar-refractivity contribution >= 4 is 30.7 Å². The maximum atomic E-state index is 11.5. The van der Waals surface area contributed by atoms with Gasteiger partial charge in [0.25, 0.3) is 0 Å². The van der Waals surface area contributed by atoms with Crippen LogP contribution in [0.25, 0.3) is 0 Å². The van der Waals surface area contributed by atoms with Gasteiger partial charge in [-0.3, -0.25) is 9.48 Å². The van der Waals surface area contributed by atoms with Crippen LogP contribution in [0.4, 0.5) is 0 Å². The van der Waals surface area contributed by atoms with Gasteiger partial charge in [-0.05, 0) is 31.9 Å². The van der Waals surface area contributed by atoms with Gasteiger partial charge in [0, 0.05) is 37.9 Å². The normalized spacial score (nSPS) is 17.4. The molecule has 1 aliphatic heterocycles. The second kappa shape index (κ2) is 10.1. The predicted molar refractivity (Wildman–Crippen MR) is 80.0 cm³/mol. The minimum Gasteiger partial charge on any atom is -0.356 e. The molecule has 0 unspecified atom stereocenters. The van der Waals surface area contributed by atoms with Crippen molar-refractivity contribution in [3.63, 3.8) is 0 Å². The fourth-order valence-corrected chi connectivity index (χ4v) is 2.13. The summed E-state index contributed by atoms with van der Waals surface area (Å²) in [7, 11) is 0. The highest BCUT2D eigenvalue weighted by Crippen LogP contribution is 2.07. The van der Waals surface area contributed by atoms with Crippen LogP contribution in [0, 0.1) is 0 Å². The number of nitrogens with zero attached hydrogens (tertiary/aromatic N) is 2. The molecule has 19 heavy (non-hydrogen) atoms. The summed E-state index contributed by atoms with van der Waals surface area (Å²) in [5.74, 6) is 0.110. The number of nitrogens with one attached hydrogen (secondary N) is 2. The van der Waals surface area contributed by atoms with E-state index in [-0.39, 0.29) is 30.7 Å². The Balaban J connectivity index is 0.00000162. The van der Waals surface area contributed by atoms with Gasteiger partial charge in [-0.15, -0.1) is 24.8 Å². The Labute approximate surface area is 126 Å². The number of carbonyl (C=O) groups is 1. The Morgan fingerprint density at radius 2 is 2.32 bits per heavy atom. The van der Waals surface area contributed by atoms with Gasteiger partial charge in [0.05, 0.1) is 0 Å². The van der Waals surface area contributed by atoms with Crippen LogP contribution in [0.1, 0.15) is 25.7 Å². The molecule has 0 radical (unpaired) electrons. The largest absolute Gasteiger partial charge is 0.356 e. The number of aromatic nitrogens is 2. The van der Waals surface area contributed by atoms with Crippen LogP contribution in [-0.4, -0.2) is 34.8 Å². The summed E-state index contributed by atoms with van der Waals surface area (Å²) in [4.78, 5) is 11.5. The van der Waals surface area contributed by atoms with E-state index < -0.39 is 0 Å². The third-order valence-electron chi connectivity index (χ3n) is 3.10. The molecule has 1 fully saturated rings. The summed E-state index contributed by atoms with van der Waals surface area (Å²) < 4.78 is 1.78. The van der Waals surface area contributed by atoms with E-state index in [0.29, 0.717) is 19.0 Å². The molecule has 2 rings (SSSR count). The molecule has 1 atom stereocenters. The fraction of sp³-hybridized carbons (Fsp3) is 0.667. The van der Waals surface area contributed by atoms with Crippen molar-refractivity contribution in [3.05, 3.63) is 18.5 Å². The summed E-state index contributed by atoms with van der Waals surface area (Å²) in [5.41, 5.74) is 0. The lowest BCUT2D eigenvalue weighted by molar-refractivity contribution is -0.121. The first-order valence-corrected chi connectivity index (χ1v) is 6.32. The molecule has 0 aromatic carbocycles. The molecule has 7 heteroatoms. The van der Waals surface area contributed by atoms with E-state index in [1.807, 2.05) is 12.3 Å². The van der Waals surface area contributed by atoms with E-state index in [0.717, 1.165) is 19.5 Å². The van der Waals surface area contributed by atoms with Crippen LogP contribution in [-0.2, 0) is 11.3 Å². The van der Waals surface area contributed by atoms with Crippen LogP contribution in [0.15, 0.2) is 18.5 Å². The van der Waals surface area contributed by atoms with Crippen molar-refractivity contribution in [3.8, 4) is 0 Å². The SMILES string of the molecule is Cl.Cl.O=C(CCn1cccn1)NCC[C@H]1CCCN1. The fourth-order valence-electron chi connectivity index (χ4n) is 2.13. The average molecular weight is 309 g/mol. The van der Waals surface area contributed by atoms with Crippen LogP contribution in [0.2, 0.25) is 0 Å². The molecule has 0 saturated carbocycles. The first-order chi connectivity index (χ1) is 8.34. The van der Waals surface area contributed by atoms with Crippen LogP contribution >= 0.6 is 24.8 Å². The van der Waals surface area contributed by atoms with Crippen molar-refractivity contribution in [1.29, 1.82) is 0 Å². The number of amides is 1. The minimum atomic E-state index is 0. The smallest absolute Gasteiger partial charge is 0.221 e. The van der Waals surface area contributed by atoms with Gasteiger partial charge in [0.15, 0.2) is 0 Å². The van der Waals surface area contributed by atoms with Crippen molar-refractivity contribution in [2.45, 2.75) is 38.3 Å². The standard InChI is InChI=1S/C12H20N4O.2ClH/c17-12(5-10-16-9-2-7-15-16)14-8-4-11-3-1-6-13-11;;/h2,7,9,11,13H,1,3-6,8,10H2,(H,14,17);2*1H/t11-;;/m1../s1. The molecule has 2 heterocycles. The monoisotopic (exact) mass is 308 g/mol. The van der Waals surface area contributed by atoms with E-state index >= 15 is 0 Å². The highest BCUT2D eigenvalue weighted by molar-refractivity contribution is 5.85. The van der Waals surface area contributed by atoms with Crippen molar-refractivity contribution < 1.29 is 4.79 Å². The summed E-state index contributed by atoms with van der Waals surface area (Å²) in [5, 5.41) is 10.4. The lowest BCUT2D eigenvalue weighted by Gasteiger charge is -2.10. The van der Waals surface area contributed by atoms with Crippen molar-refractivity contribution in [2.24, 2.45) is 0 Å². The predicted octanol–water partition coefficient (Wildman–Crippen LogP) is 1.38. The highest BCUT2D eigenvalue weighted by atomic mass is 35.5. The zero-order chi connectivity index (χ0) is 11.9. The quantitative estimate of drug-likeness (QED) is 0.834. The zero-order valence-electron chi connectivity index (χ0n) is 10.9. The first-order valence-electron chi connectivity index (χ1n) is 6.32. The Hall–Kier alpha value is -0.780. The van der Waals surface area contributed by atoms with Gasteiger partial charge in [-0.2, -0.15) is 5.10 Å². The molecule has 110 valence electrons. The summed E-state index contributed by atoms with van der Waals surface area (Å²) in [6.45, 7) is 2.55. The molecule has 1 aromatic rings. The number of halogens is 2. The van der Waals surface area contributed by atoms with Gasteiger partial charge >= 0.3 is 0 Å². The van der Waals surface area contributed by atoms with E-state index in [4.69, 9.17) is 0 Å². The first kappa shape index (κ1) is 18.2. The lowest BCUT2D eigenvalue weighted by atomic mass is 10.1. The molecule has 2 N–H and O–H groups in total. The molecular formula is C12H22Cl2N4O.